The molecule has 2 rings (SSSR count). The Morgan fingerprint density at radius 3 is 2.89 bits per heavy atom. The molecule has 1 aromatic heterocycles. The van der Waals surface area contributed by atoms with E-state index >= 15 is 0 Å². The Kier molecular flexibility index (Phi) is 3.59. The highest BCUT2D eigenvalue weighted by molar-refractivity contribution is 6.30. The molecular formula is C14H14ClN3. The minimum Gasteiger partial charge on any atom is -0.383 e. The van der Waals surface area contributed by atoms with Crippen LogP contribution in [0.5, 0.6) is 0 Å². The molecule has 0 aliphatic heterocycles. The lowest BCUT2D eigenvalue weighted by molar-refractivity contribution is 0.769. The lowest BCUT2D eigenvalue weighted by Crippen LogP contribution is -2.05. The van der Waals surface area contributed by atoms with Gasteiger partial charge in [-0.3, -0.25) is 0 Å². The van der Waals surface area contributed by atoms with Crippen LogP contribution in [-0.4, -0.2) is 9.55 Å². The molecule has 0 unspecified atom stereocenters. The lowest BCUT2D eigenvalue weighted by atomic mass is 10.1. The minimum absolute atomic E-state index is 0.433. The van der Waals surface area contributed by atoms with Crippen LogP contribution in [0.2, 0.25) is 5.02 Å². The molecule has 2 N–H and O–H groups in total. The van der Waals surface area contributed by atoms with Crippen LogP contribution in [0.3, 0.4) is 0 Å². The summed E-state index contributed by atoms with van der Waals surface area (Å²) in [7, 11) is 0. The predicted molar refractivity (Wildman–Crippen MR) is 75.3 cm³/mol. The molecule has 0 aliphatic rings. The van der Waals surface area contributed by atoms with Crippen LogP contribution >= 0.6 is 11.6 Å². The van der Waals surface area contributed by atoms with Gasteiger partial charge in [-0.05, 0) is 12.1 Å². The molecule has 1 heterocycles. The Labute approximate surface area is 112 Å². The summed E-state index contributed by atoms with van der Waals surface area (Å²) in [5, 5.41) is 0.663. The quantitative estimate of drug-likeness (QED) is 0.862. The molecule has 92 valence electrons. The molecule has 0 bridgehead atoms. The maximum absolute atomic E-state index is 6.11. The second kappa shape index (κ2) is 5.16. The zero-order chi connectivity index (χ0) is 13.1. The summed E-state index contributed by atoms with van der Waals surface area (Å²) in [5.41, 5.74) is 7.76. The molecule has 0 aliphatic carbocycles. The van der Waals surface area contributed by atoms with E-state index in [1.807, 2.05) is 35.8 Å². The van der Waals surface area contributed by atoms with E-state index in [2.05, 4.69) is 10.9 Å². The number of terminal acetylenes is 1. The van der Waals surface area contributed by atoms with E-state index in [1.54, 1.807) is 0 Å². The van der Waals surface area contributed by atoms with Crippen LogP contribution < -0.4 is 5.73 Å². The molecule has 18 heavy (non-hydrogen) atoms. The molecule has 1 aromatic carbocycles. The second-order valence-electron chi connectivity index (χ2n) is 3.92. The molecule has 0 saturated heterocycles. The summed E-state index contributed by atoms with van der Waals surface area (Å²) in [4.78, 5) is 4.54. The number of rotatable bonds is 3. The molecule has 0 amide bonds. The summed E-state index contributed by atoms with van der Waals surface area (Å²) >= 11 is 5.98. The van der Waals surface area contributed by atoms with Crippen molar-refractivity contribution in [2.45, 2.75) is 19.9 Å². The first kappa shape index (κ1) is 12.5. The van der Waals surface area contributed by atoms with Gasteiger partial charge in [-0.25, -0.2) is 4.98 Å². The van der Waals surface area contributed by atoms with E-state index < -0.39 is 0 Å². The van der Waals surface area contributed by atoms with E-state index in [9.17, 15) is 0 Å². The largest absolute Gasteiger partial charge is 0.383 e. The Morgan fingerprint density at radius 2 is 2.28 bits per heavy atom. The molecule has 0 radical (unpaired) electrons. The monoisotopic (exact) mass is 259 g/mol. The summed E-state index contributed by atoms with van der Waals surface area (Å²) in [6.45, 7) is 2.46. The summed E-state index contributed by atoms with van der Waals surface area (Å²) in [6.07, 6.45) is 6.13. The third-order valence-corrected chi connectivity index (χ3v) is 2.98. The summed E-state index contributed by atoms with van der Waals surface area (Å²) in [6, 6.07) is 7.48. The Balaban J connectivity index is 2.56. The van der Waals surface area contributed by atoms with Gasteiger partial charge in [0.2, 0.25) is 0 Å². The normalized spacial score (nSPS) is 10.3. The summed E-state index contributed by atoms with van der Waals surface area (Å²) < 4.78 is 1.86. The van der Waals surface area contributed by atoms with Gasteiger partial charge in [0.05, 0.1) is 6.54 Å². The van der Waals surface area contributed by atoms with Crippen molar-refractivity contribution in [3.8, 4) is 23.6 Å². The highest BCUT2D eigenvalue weighted by atomic mass is 35.5. The first-order chi connectivity index (χ1) is 8.67. The molecule has 2 aromatic rings. The van der Waals surface area contributed by atoms with Gasteiger partial charge in [0.25, 0.3) is 0 Å². The Morgan fingerprint density at radius 1 is 1.50 bits per heavy atom. The van der Waals surface area contributed by atoms with E-state index in [0.29, 0.717) is 17.4 Å². The van der Waals surface area contributed by atoms with Crippen molar-refractivity contribution in [2.24, 2.45) is 0 Å². The summed E-state index contributed by atoms with van der Waals surface area (Å²) in [5.74, 6) is 4.07. The average molecular weight is 260 g/mol. The van der Waals surface area contributed by atoms with E-state index in [0.717, 1.165) is 23.5 Å². The van der Waals surface area contributed by atoms with Gasteiger partial charge in [-0.15, -0.1) is 6.42 Å². The number of benzene rings is 1. The molecule has 0 spiro atoms. The van der Waals surface area contributed by atoms with Gasteiger partial charge >= 0.3 is 0 Å². The number of aryl methyl sites for hydroxylation is 1. The third kappa shape index (κ3) is 2.20. The minimum atomic E-state index is 0.433. The molecule has 0 fully saturated rings. The topological polar surface area (TPSA) is 43.8 Å². The van der Waals surface area contributed by atoms with Crippen molar-refractivity contribution >= 4 is 17.4 Å². The molecule has 0 atom stereocenters. The van der Waals surface area contributed by atoms with E-state index in [4.69, 9.17) is 23.8 Å². The van der Waals surface area contributed by atoms with Crippen molar-refractivity contribution in [1.29, 1.82) is 0 Å². The third-order valence-electron chi connectivity index (χ3n) is 2.75. The fraction of sp³-hybridized carbons (Fsp3) is 0.214. The fourth-order valence-corrected chi connectivity index (χ4v) is 2.09. The van der Waals surface area contributed by atoms with Crippen LogP contribution in [0.25, 0.3) is 11.3 Å². The SMILES string of the molecule is C#CCn1c(CC)nc(-c2cccc(Cl)c2)c1N. The van der Waals surface area contributed by atoms with Gasteiger partial charge < -0.3 is 10.3 Å². The zero-order valence-electron chi connectivity index (χ0n) is 10.2. The Bertz CT molecular complexity index is 608. The maximum Gasteiger partial charge on any atom is 0.132 e. The smallest absolute Gasteiger partial charge is 0.132 e. The molecule has 0 saturated carbocycles. The van der Waals surface area contributed by atoms with Crippen LogP contribution in [-0.2, 0) is 13.0 Å². The number of hydrogen-bond acceptors (Lipinski definition) is 2. The van der Waals surface area contributed by atoms with Crippen LogP contribution in [0, 0.1) is 12.3 Å². The van der Waals surface area contributed by atoms with Crippen LogP contribution in [0.1, 0.15) is 12.7 Å². The first-order valence-electron chi connectivity index (χ1n) is 5.71. The Hall–Kier alpha value is -1.92. The van der Waals surface area contributed by atoms with Crippen molar-refractivity contribution in [2.75, 3.05) is 5.73 Å². The molecular weight excluding hydrogens is 246 g/mol. The molecule has 3 nitrogen and oxygen atoms in total. The van der Waals surface area contributed by atoms with Crippen molar-refractivity contribution < 1.29 is 0 Å². The van der Waals surface area contributed by atoms with Crippen LogP contribution in [0.4, 0.5) is 5.82 Å². The number of nitrogens with two attached hydrogens (primary N) is 1. The predicted octanol–water partition coefficient (Wildman–Crippen LogP) is 2.98. The average Bonchev–Trinajstić information content (AvgIpc) is 2.67. The molecule has 4 heteroatoms. The standard InChI is InChI=1S/C14H14ClN3/c1-3-8-18-12(4-2)17-13(14(18)16)10-6-5-7-11(15)9-10/h1,5-7,9H,4,8,16H2,2H3. The number of aromatic nitrogens is 2. The number of halogens is 1. The number of nitrogens with zero attached hydrogens (tertiary/aromatic N) is 2. The van der Waals surface area contributed by atoms with E-state index in [-0.39, 0.29) is 0 Å². The van der Waals surface area contributed by atoms with Gasteiger partial charge in [-0.1, -0.05) is 36.6 Å². The van der Waals surface area contributed by atoms with Crippen molar-refractivity contribution in [1.82, 2.24) is 9.55 Å². The lowest BCUT2D eigenvalue weighted by Gasteiger charge is -2.04. The van der Waals surface area contributed by atoms with Crippen molar-refractivity contribution in [3.05, 3.63) is 35.1 Å². The zero-order valence-corrected chi connectivity index (χ0v) is 10.9. The van der Waals surface area contributed by atoms with Gasteiger partial charge in [-0.2, -0.15) is 0 Å². The van der Waals surface area contributed by atoms with Gasteiger partial charge in [0.1, 0.15) is 17.3 Å². The number of hydrogen-bond donors (Lipinski definition) is 1. The number of anilines is 1. The second-order valence-corrected chi connectivity index (χ2v) is 4.35. The fourth-order valence-electron chi connectivity index (χ4n) is 1.90. The van der Waals surface area contributed by atoms with E-state index in [1.165, 1.54) is 0 Å². The number of nitrogen functional groups attached to an aromatic ring is 1. The maximum atomic E-state index is 6.11. The van der Waals surface area contributed by atoms with Crippen LogP contribution in [0.15, 0.2) is 24.3 Å². The number of imidazole rings is 1. The van der Waals surface area contributed by atoms with Crippen molar-refractivity contribution in [3.63, 3.8) is 0 Å². The van der Waals surface area contributed by atoms with Gasteiger partial charge in [0.15, 0.2) is 0 Å². The highest BCUT2D eigenvalue weighted by Gasteiger charge is 2.14. The highest BCUT2D eigenvalue weighted by Crippen LogP contribution is 2.28. The van der Waals surface area contributed by atoms with Gasteiger partial charge in [0, 0.05) is 17.0 Å². The first-order valence-corrected chi connectivity index (χ1v) is 6.09.